The Morgan fingerprint density at radius 2 is 2.50 bits per heavy atom. The maximum Gasteiger partial charge on any atom is 0.121 e. The number of ether oxygens (including phenoxy) is 1. The summed E-state index contributed by atoms with van der Waals surface area (Å²) in [5, 5.41) is 12.1. The lowest BCUT2D eigenvalue weighted by atomic mass is 10.2. The van der Waals surface area contributed by atoms with Crippen molar-refractivity contribution in [2.75, 3.05) is 20.3 Å². The molecule has 1 N–H and O–H groups in total. The van der Waals surface area contributed by atoms with Crippen molar-refractivity contribution >= 4 is 0 Å². The molecule has 0 fully saturated rings. The third-order valence-corrected chi connectivity index (χ3v) is 2.34. The Kier molecular flexibility index (Phi) is 5.54. The van der Waals surface area contributed by atoms with Gasteiger partial charge in [-0.3, -0.25) is 0 Å². The monoisotopic (exact) mass is 222 g/mol. The molecule has 1 heterocycles. The van der Waals surface area contributed by atoms with Gasteiger partial charge in [0.1, 0.15) is 6.04 Å². The third-order valence-electron chi connectivity index (χ3n) is 2.34. The largest absolute Gasteiger partial charge is 0.383 e. The zero-order chi connectivity index (χ0) is 11.8. The standard InChI is InChI=1S/C11H18N4O/c1-3-11(6-12)15-8-10(14-9-15)7-13-4-5-16-2/h8-9,11,13H,3-5,7H2,1-2H3. The van der Waals surface area contributed by atoms with Gasteiger partial charge in [-0.15, -0.1) is 0 Å². The fourth-order valence-electron chi connectivity index (χ4n) is 1.40. The molecule has 1 aromatic rings. The minimum atomic E-state index is -0.111. The number of nitriles is 1. The molecule has 5 heteroatoms. The quantitative estimate of drug-likeness (QED) is 0.701. The van der Waals surface area contributed by atoms with Gasteiger partial charge < -0.3 is 14.6 Å². The first kappa shape index (κ1) is 12.7. The van der Waals surface area contributed by atoms with E-state index in [4.69, 9.17) is 10.00 Å². The minimum Gasteiger partial charge on any atom is -0.383 e. The van der Waals surface area contributed by atoms with Gasteiger partial charge in [0.15, 0.2) is 0 Å². The molecule has 0 aliphatic carbocycles. The first-order valence-electron chi connectivity index (χ1n) is 5.43. The SMILES string of the molecule is CCC(C#N)n1cnc(CNCCOC)c1. The lowest BCUT2D eigenvalue weighted by molar-refractivity contribution is 0.199. The zero-order valence-corrected chi connectivity index (χ0v) is 9.81. The number of nitrogens with one attached hydrogen (secondary N) is 1. The number of rotatable bonds is 7. The molecule has 0 radical (unpaired) electrons. The molecule has 1 aromatic heterocycles. The van der Waals surface area contributed by atoms with E-state index in [2.05, 4.69) is 16.4 Å². The van der Waals surface area contributed by atoms with E-state index in [0.717, 1.165) is 18.7 Å². The summed E-state index contributed by atoms with van der Waals surface area (Å²) >= 11 is 0. The second-order valence-corrected chi connectivity index (χ2v) is 3.53. The summed E-state index contributed by atoms with van der Waals surface area (Å²) in [6, 6.07) is 2.13. The average molecular weight is 222 g/mol. The van der Waals surface area contributed by atoms with Crippen LogP contribution in [-0.4, -0.2) is 29.8 Å². The number of hydrogen-bond donors (Lipinski definition) is 1. The number of aromatic nitrogens is 2. The van der Waals surface area contributed by atoms with Crippen LogP contribution in [0, 0.1) is 11.3 Å². The second-order valence-electron chi connectivity index (χ2n) is 3.53. The molecule has 0 saturated heterocycles. The van der Waals surface area contributed by atoms with E-state index >= 15 is 0 Å². The van der Waals surface area contributed by atoms with E-state index in [9.17, 15) is 0 Å². The van der Waals surface area contributed by atoms with Gasteiger partial charge in [0.05, 0.1) is 24.7 Å². The van der Waals surface area contributed by atoms with Crippen molar-refractivity contribution in [1.29, 1.82) is 5.26 Å². The molecule has 0 saturated carbocycles. The molecule has 0 amide bonds. The van der Waals surface area contributed by atoms with Crippen LogP contribution in [-0.2, 0) is 11.3 Å². The Hall–Kier alpha value is -1.38. The molecular formula is C11H18N4O. The first-order chi connectivity index (χ1) is 7.81. The lowest BCUT2D eigenvalue weighted by Crippen LogP contribution is -2.18. The van der Waals surface area contributed by atoms with Crippen LogP contribution in [0.5, 0.6) is 0 Å². The number of methoxy groups -OCH3 is 1. The smallest absolute Gasteiger partial charge is 0.121 e. The molecule has 0 aromatic carbocycles. The van der Waals surface area contributed by atoms with E-state index in [0.29, 0.717) is 13.2 Å². The van der Waals surface area contributed by atoms with Crippen molar-refractivity contribution < 1.29 is 4.74 Å². The van der Waals surface area contributed by atoms with Crippen molar-refractivity contribution in [1.82, 2.24) is 14.9 Å². The summed E-state index contributed by atoms with van der Waals surface area (Å²) < 4.78 is 6.78. The van der Waals surface area contributed by atoms with Gasteiger partial charge in [-0.1, -0.05) is 6.92 Å². The van der Waals surface area contributed by atoms with Crippen molar-refractivity contribution in [2.45, 2.75) is 25.9 Å². The highest BCUT2D eigenvalue weighted by molar-refractivity contribution is 5.01. The number of imidazole rings is 1. The van der Waals surface area contributed by atoms with Crippen LogP contribution < -0.4 is 5.32 Å². The maximum absolute atomic E-state index is 8.90. The third kappa shape index (κ3) is 3.65. The molecule has 16 heavy (non-hydrogen) atoms. The molecule has 0 aliphatic heterocycles. The zero-order valence-electron chi connectivity index (χ0n) is 9.81. The van der Waals surface area contributed by atoms with Crippen LogP contribution in [0.4, 0.5) is 0 Å². The van der Waals surface area contributed by atoms with Crippen molar-refractivity contribution in [3.8, 4) is 6.07 Å². The van der Waals surface area contributed by atoms with E-state index in [1.165, 1.54) is 0 Å². The van der Waals surface area contributed by atoms with Crippen LogP contribution in [0.1, 0.15) is 25.1 Å². The molecule has 1 atom stereocenters. The van der Waals surface area contributed by atoms with Gasteiger partial charge in [0.25, 0.3) is 0 Å². The number of hydrogen-bond acceptors (Lipinski definition) is 4. The molecule has 1 unspecified atom stereocenters. The van der Waals surface area contributed by atoms with Gasteiger partial charge in [-0.05, 0) is 6.42 Å². The van der Waals surface area contributed by atoms with Crippen LogP contribution >= 0.6 is 0 Å². The highest BCUT2D eigenvalue weighted by Gasteiger charge is 2.07. The topological polar surface area (TPSA) is 62.9 Å². The van der Waals surface area contributed by atoms with Gasteiger partial charge >= 0.3 is 0 Å². The van der Waals surface area contributed by atoms with E-state index in [1.54, 1.807) is 13.4 Å². The highest BCUT2D eigenvalue weighted by atomic mass is 16.5. The number of nitrogens with zero attached hydrogens (tertiary/aromatic N) is 3. The Bertz CT molecular complexity index is 342. The molecule has 0 bridgehead atoms. The summed E-state index contributed by atoms with van der Waals surface area (Å²) in [5.41, 5.74) is 0.949. The lowest BCUT2D eigenvalue weighted by Gasteiger charge is -2.05. The second kappa shape index (κ2) is 6.99. The minimum absolute atomic E-state index is 0.111. The van der Waals surface area contributed by atoms with E-state index in [-0.39, 0.29) is 6.04 Å². The summed E-state index contributed by atoms with van der Waals surface area (Å²) in [5.74, 6) is 0. The van der Waals surface area contributed by atoms with Gasteiger partial charge in [-0.25, -0.2) is 4.98 Å². The van der Waals surface area contributed by atoms with Crippen LogP contribution in [0.25, 0.3) is 0 Å². The average Bonchev–Trinajstić information content (AvgIpc) is 2.75. The molecule has 88 valence electrons. The van der Waals surface area contributed by atoms with Gasteiger partial charge in [0.2, 0.25) is 0 Å². The Morgan fingerprint density at radius 3 is 3.12 bits per heavy atom. The van der Waals surface area contributed by atoms with Crippen LogP contribution in [0.3, 0.4) is 0 Å². The van der Waals surface area contributed by atoms with Gasteiger partial charge in [-0.2, -0.15) is 5.26 Å². The van der Waals surface area contributed by atoms with Crippen molar-refractivity contribution in [3.63, 3.8) is 0 Å². The Balaban J connectivity index is 2.42. The van der Waals surface area contributed by atoms with E-state index < -0.39 is 0 Å². The predicted molar refractivity (Wildman–Crippen MR) is 60.8 cm³/mol. The van der Waals surface area contributed by atoms with Crippen LogP contribution in [0.2, 0.25) is 0 Å². The van der Waals surface area contributed by atoms with Gasteiger partial charge in [0, 0.05) is 26.4 Å². The summed E-state index contributed by atoms with van der Waals surface area (Å²) in [7, 11) is 1.68. The summed E-state index contributed by atoms with van der Waals surface area (Å²) in [6.45, 7) is 4.19. The van der Waals surface area contributed by atoms with E-state index in [1.807, 2.05) is 17.7 Å². The normalized spacial score (nSPS) is 12.3. The Labute approximate surface area is 96.0 Å². The Morgan fingerprint density at radius 1 is 1.69 bits per heavy atom. The molecule has 5 nitrogen and oxygen atoms in total. The van der Waals surface area contributed by atoms with Crippen molar-refractivity contribution in [2.24, 2.45) is 0 Å². The summed E-state index contributed by atoms with van der Waals surface area (Å²) in [6.07, 6.45) is 4.42. The fourth-order valence-corrected chi connectivity index (χ4v) is 1.40. The molecule has 0 aliphatic rings. The molecular weight excluding hydrogens is 204 g/mol. The fraction of sp³-hybridized carbons (Fsp3) is 0.636. The van der Waals surface area contributed by atoms with Crippen molar-refractivity contribution in [3.05, 3.63) is 18.2 Å². The maximum atomic E-state index is 8.90. The summed E-state index contributed by atoms with van der Waals surface area (Å²) in [4.78, 5) is 4.24. The molecule has 1 rings (SSSR count). The van der Waals surface area contributed by atoms with Crippen LogP contribution in [0.15, 0.2) is 12.5 Å². The molecule has 0 spiro atoms. The first-order valence-corrected chi connectivity index (χ1v) is 5.43. The predicted octanol–water partition coefficient (Wildman–Crippen LogP) is 1.09. The highest BCUT2D eigenvalue weighted by Crippen LogP contribution is 2.10.